The number of carboxylic acids is 1. The van der Waals surface area contributed by atoms with Crippen molar-refractivity contribution in [3.8, 4) is 11.3 Å². The van der Waals surface area contributed by atoms with Crippen LogP contribution >= 0.6 is 0 Å². The van der Waals surface area contributed by atoms with Crippen LogP contribution in [0.15, 0.2) is 54.7 Å². The minimum Gasteiger partial charge on any atom is -0.481 e. The highest BCUT2D eigenvalue weighted by Crippen LogP contribution is 2.51. The number of alkyl halides is 3. The van der Waals surface area contributed by atoms with Crippen molar-refractivity contribution in [2.24, 2.45) is 0 Å². The molecule has 1 saturated carbocycles. The molecule has 1 aliphatic carbocycles. The average Bonchev–Trinajstić information content (AvgIpc) is 3.49. The number of aromatic amines is 1. The third kappa shape index (κ3) is 3.79. The lowest BCUT2D eigenvalue weighted by atomic mass is 9.71. The number of rotatable bonds is 4. The summed E-state index contributed by atoms with van der Waals surface area (Å²) in [5.41, 5.74) is -0.0717. The maximum Gasteiger partial charge on any atom is 0.419 e. The van der Waals surface area contributed by atoms with Gasteiger partial charge in [0.2, 0.25) is 0 Å². The second-order valence-corrected chi connectivity index (χ2v) is 9.17. The number of hydrogen-bond acceptors (Lipinski definition) is 2. The van der Waals surface area contributed by atoms with Crippen LogP contribution in [0.2, 0.25) is 0 Å². The molecule has 1 aromatic heterocycles. The number of fused-ring (bicyclic) bond motifs is 1. The molecule has 2 aliphatic rings. The number of hydrogen-bond donors (Lipinski definition) is 2. The number of nitrogens with one attached hydrogen (secondary N) is 1. The zero-order chi connectivity index (χ0) is 25.0. The summed E-state index contributed by atoms with van der Waals surface area (Å²) in [4.78, 5) is 30.9. The lowest BCUT2D eigenvalue weighted by molar-refractivity contribution is -0.143. The first-order valence-corrected chi connectivity index (χ1v) is 11.3. The number of carbonyl (C=O) groups is 2. The highest BCUT2D eigenvalue weighted by molar-refractivity contribution is 6.01. The Hall–Kier alpha value is -3.62. The number of nitrogens with zero attached hydrogens (tertiary/aromatic N) is 1. The Balaban J connectivity index is 1.61. The van der Waals surface area contributed by atoms with Crippen molar-refractivity contribution in [1.82, 2.24) is 9.88 Å². The van der Waals surface area contributed by atoms with Crippen LogP contribution in [0, 0.1) is 5.82 Å². The summed E-state index contributed by atoms with van der Waals surface area (Å²) in [7, 11) is 0. The fourth-order valence-corrected chi connectivity index (χ4v) is 5.67. The molecule has 2 aromatic carbocycles. The number of halogens is 4. The predicted octanol–water partition coefficient (Wildman–Crippen LogP) is 5.98. The molecule has 5 nitrogen and oxygen atoms in total. The molecule has 2 heterocycles. The second kappa shape index (κ2) is 8.25. The van der Waals surface area contributed by atoms with Gasteiger partial charge in [-0.15, -0.1) is 0 Å². The van der Waals surface area contributed by atoms with Gasteiger partial charge >= 0.3 is 12.1 Å². The number of aliphatic carboxylic acids is 1. The number of aromatic nitrogens is 1. The van der Waals surface area contributed by atoms with Crippen LogP contribution in [0.4, 0.5) is 17.6 Å². The van der Waals surface area contributed by atoms with E-state index in [0.717, 1.165) is 23.4 Å². The quantitative estimate of drug-likeness (QED) is 0.446. The van der Waals surface area contributed by atoms with Crippen molar-refractivity contribution >= 4 is 11.9 Å². The smallest absolute Gasteiger partial charge is 0.419 e. The SMILES string of the molecule is O=C(O)C1c2cc(-c3ccc[nH]3)ccc2C(=O)N(Cc2ccc(C(F)(F)F)c(F)c2)C12CCCC2. The van der Waals surface area contributed by atoms with Crippen molar-refractivity contribution < 1.29 is 32.3 Å². The van der Waals surface area contributed by atoms with Gasteiger partial charge in [-0.25, -0.2) is 4.39 Å². The summed E-state index contributed by atoms with van der Waals surface area (Å²) in [6.07, 6.45) is -0.796. The predicted molar refractivity (Wildman–Crippen MR) is 119 cm³/mol. The van der Waals surface area contributed by atoms with Crippen molar-refractivity contribution in [2.75, 3.05) is 0 Å². The van der Waals surface area contributed by atoms with Crippen molar-refractivity contribution in [1.29, 1.82) is 0 Å². The van der Waals surface area contributed by atoms with Crippen molar-refractivity contribution in [3.05, 3.63) is 82.8 Å². The maximum absolute atomic E-state index is 14.3. The molecule has 0 saturated heterocycles. The van der Waals surface area contributed by atoms with E-state index in [2.05, 4.69) is 4.98 Å². The Labute approximate surface area is 198 Å². The van der Waals surface area contributed by atoms with Crippen molar-refractivity contribution in [3.63, 3.8) is 0 Å². The Morgan fingerprint density at radius 1 is 1.11 bits per heavy atom. The Bertz CT molecular complexity index is 1290. The first-order chi connectivity index (χ1) is 16.6. The molecule has 1 spiro atoms. The third-order valence-electron chi connectivity index (χ3n) is 7.22. The van der Waals surface area contributed by atoms with Gasteiger partial charge in [-0.05, 0) is 65.9 Å². The molecule has 0 bridgehead atoms. The van der Waals surface area contributed by atoms with E-state index in [0.29, 0.717) is 37.3 Å². The molecule has 182 valence electrons. The van der Waals surface area contributed by atoms with Gasteiger partial charge < -0.3 is 15.0 Å². The molecule has 1 aliphatic heterocycles. The van der Waals surface area contributed by atoms with Gasteiger partial charge in [-0.1, -0.05) is 25.0 Å². The topological polar surface area (TPSA) is 73.4 Å². The van der Waals surface area contributed by atoms with Crippen LogP contribution in [-0.4, -0.2) is 32.4 Å². The molecule has 35 heavy (non-hydrogen) atoms. The van der Waals surface area contributed by atoms with Gasteiger partial charge in [0.15, 0.2) is 0 Å². The standard InChI is InChI=1S/C26H22F4N2O3/c27-20-12-15(5-8-19(20)26(28,29)30)14-32-23(33)17-7-6-16(21-4-3-11-31-21)13-18(17)22(24(34)35)25(32)9-1-2-10-25/h3-8,11-13,22,31H,1-2,9-10,14H2,(H,34,35). The molecule has 0 radical (unpaired) electrons. The van der Waals surface area contributed by atoms with E-state index in [9.17, 15) is 32.3 Å². The van der Waals surface area contributed by atoms with Gasteiger partial charge in [-0.3, -0.25) is 9.59 Å². The lowest BCUT2D eigenvalue weighted by Gasteiger charge is -2.49. The Kier molecular flexibility index (Phi) is 5.45. The van der Waals surface area contributed by atoms with Crippen LogP contribution in [0.5, 0.6) is 0 Å². The summed E-state index contributed by atoms with van der Waals surface area (Å²) < 4.78 is 53.3. The number of H-pyrrole nitrogens is 1. The van der Waals surface area contributed by atoms with E-state index in [1.165, 1.54) is 4.90 Å². The highest BCUT2D eigenvalue weighted by atomic mass is 19.4. The summed E-state index contributed by atoms with van der Waals surface area (Å²) in [5, 5.41) is 10.3. The van der Waals surface area contributed by atoms with Gasteiger partial charge in [0.05, 0.1) is 11.1 Å². The zero-order valence-corrected chi connectivity index (χ0v) is 18.5. The molecule has 2 N–H and O–H groups in total. The Morgan fingerprint density at radius 3 is 2.46 bits per heavy atom. The molecular formula is C26H22F4N2O3. The van der Waals surface area contributed by atoms with E-state index in [-0.39, 0.29) is 17.7 Å². The normalized spacial score (nSPS) is 19.3. The van der Waals surface area contributed by atoms with Gasteiger partial charge in [0, 0.05) is 24.0 Å². The molecule has 1 unspecified atom stereocenters. The molecule has 1 atom stereocenters. The Morgan fingerprint density at radius 2 is 1.86 bits per heavy atom. The molecule has 5 rings (SSSR count). The first-order valence-electron chi connectivity index (χ1n) is 11.3. The maximum atomic E-state index is 14.3. The first kappa shape index (κ1) is 23.1. The summed E-state index contributed by atoms with van der Waals surface area (Å²) in [5.74, 6) is -3.93. The summed E-state index contributed by atoms with van der Waals surface area (Å²) in [6, 6.07) is 11.3. The van der Waals surface area contributed by atoms with E-state index in [1.807, 2.05) is 12.1 Å². The molecule has 3 aromatic rings. The average molecular weight is 486 g/mol. The van der Waals surface area contributed by atoms with E-state index >= 15 is 0 Å². The zero-order valence-electron chi connectivity index (χ0n) is 18.5. The largest absolute Gasteiger partial charge is 0.481 e. The van der Waals surface area contributed by atoms with E-state index < -0.39 is 40.9 Å². The minimum absolute atomic E-state index is 0.172. The third-order valence-corrected chi connectivity index (χ3v) is 7.22. The number of carboxylic acid groups (broad SMARTS) is 1. The monoisotopic (exact) mass is 486 g/mol. The molecular weight excluding hydrogens is 464 g/mol. The van der Waals surface area contributed by atoms with Crippen LogP contribution in [0.1, 0.15) is 58.6 Å². The summed E-state index contributed by atoms with van der Waals surface area (Å²) >= 11 is 0. The molecule has 9 heteroatoms. The van der Waals surface area contributed by atoms with Crippen LogP contribution in [0.25, 0.3) is 11.3 Å². The molecule has 1 amide bonds. The lowest BCUT2D eigenvalue weighted by Crippen LogP contribution is -2.58. The number of benzene rings is 2. The fourth-order valence-electron chi connectivity index (χ4n) is 5.67. The van der Waals surface area contributed by atoms with Crippen molar-refractivity contribution in [2.45, 2.75) is 49.9 Å². The van der Waals surface area contributed by atoms with Crippen LogP contribution < -0.4 is 0 Å². The van der Waals surface area contributed by atoms with Gasteiger partial charge in [-0.2, -0.15) is 13.2 Å². The van der Waals surface area contributed by atoms with Gasteiger partial charge in [0.25, 0.3) is 5.91 Å². The minimum atomic E-state index is -4.83. The highest BCUT2D eigenvalue weighted by Gasteiger charge is 2.56. The fraction of sp³-hybridized carbons (Fsp3) is 0.308. The van der Waals surface area contributed by atoms with E-state index in [4.69, 9.17) is 0 Å². The van der Waals surface area contributed by atoms with E-state index in [1.54, 1.807) is 24.4 Å². The number of amides is 1. The number of carbonyl (C=O) groups excluding carboxylic acids is 1. The second-order valence-electron chi connectivity index (χ2n) is 9.17. The molecule has 1 fully saturated rings. The van der Waals surface area contributed by atoms with Gasteiger partial charge in [0.1, 0.15) is 11.7 Å². The van der Waals surface area contributed by atoms with Crippen LogP contribution in [-0.2, 0) is 17.5 Å². The summed E-state index contributed by atoms with van der Waals surface area (Å²) in [6.45, 7) is -0.185. The van der Waals surface area contributed by atoms with Crippen LogP contribution in [0.3, 0.4) is 0 Å².